The van der Waals surface area contributed by atoms with Crippen molar-refractivity contribution in [2.75, 3.05) is 6.61 Å². The van der Waals surface area contributed by atoms with Crippen LogP contribution in [0.5, 0.6) is 5.75 Å². The quantitative estimate of drug-likeness (QED) is 0.811. The molecule has 1 nitrogen and oxygen atoms in total. The minimum atomic E-state index is -0.192. The maximum Gasteiger partial charge on any atom is 0.136 e. The Labute approximate surface area is 114 Å². The molecule has 0 atom stereocenters. The molecule has 0 unspecified atom stereocenters. The predicted octanol–water partition coefficient (Wildman–Crippen LogP) is 4.11. The molecule has 1 aliphatic rings. The zero-order valence-electron chi connectivity index (χ0n) is 9.75. The van der Waals surface area contributed by atoms with E-state index in [1.165, 1.54) is 23.3 Å². The maximum absolute atomic E-state index is 12.8. The normalized spacial score (nSPS) is 13.2. The Morgan fingerprint density at radius 3 is 2.67 bits per heavy atom. The molecule has 0 bridgehead atoms. The van der Waals surface area contributed by atoms with Crippen molar-refractivity contribution in [1.29, 1.82) is 0 Å². The van der Waals surface area contributed by atoms with Crippen molar-refractivity contribution >= 4 is 15.9 Å². The Hall–Kier alpha value is -1.35. The third-order valence-corrected chi connectivity index (χ3v) is 3.71. The Morgan fingerprint density at radius 2 is 1.89 bits per heavy atom. The van der Waals surface area contributed by atoms with Crippen molar-refractivity contribution in [2.24, 2.45) is 0 Å². The first-order valence-electron chi connectivity index (χ1n) is 5.91. The summed E-state index contributed by atoms with van der Waals surface area (Å²) in [5, 5.41) is 0. The lowest BCUT2D eigenvalue weighted by Crippen LogP contribution is -1.91. The van der Waals surface area contributed by atoms with E-state index < -0.39 is 0 Å². The highest BCUT2D eigenvalue weighted by atomic mass is 79.9. The van der Waals surface area contributed by atoms with Gasteiger partial charge in [-0.25, -0.2) is 4.39 Å². The van der Waals surface area contributed by atoms with Gasteiger partial charge in [-0.15, -0.1) is 0 Å². The Kier molecular flexibility index (Phi) is 3.08. The van der Waals surface area contributed by atoms with Crippen LogP contribution in [0.3, 0.4) is 0 Å². The van der Waals surface area contributed by atoms with Crippen LogP contribution in [0.4, 0.5) is 4.39 Å². The van der Waals surface area contributed by atoms with Gasteiger partial charge in [0.2, 0.25) is 0 Å². The van der Waals surface area contributed by atoms with E-state index in [-0.39, 0.29) is 5.82 Å². The number of hydrogen-bond donors (Lipinski definition) is 0. The highest BCUT2D eigenvalue weighted by Gasteiger charge is 2.16. The summed E-state index contributed by atoms with van der Waals surface area (Å²) in [6, 6.07) is 10.9. The summed E-state index contributed by atoms with van der Waals surface area (Å²) < 4.78 is 19.4. The molecule has 3 heteroatoms. The van der Waals surface area contributed by atoms with Crippen molar-refractivity contribution < 1.29 is 9.13 Å². The smallest absolute Gasteiger partial charge is 0.136 e. The van der Waals surface area contributed by atoms with Gasteiger partial charge in [0.25, 0.3) is 0 Å². The fourth-order valence-electron chi connectivity index (χ4n) is 2.26. The van der Waals surface area contributed by atoms with Crippen molar-refractivity contribution in [2.45, 2.75) is 12.8 Å². The molecule has 3 rings (SSSR count). The summed E-state index contributed by atoms with van der Waals surface area (Å²) in [6.45, 7) is 0.758. The molecule has 0 amide bonds. The Balaban J connectivity index is 1.89. The molecule has 0 radical (unpaired) electrons. The number of ether oxygens (including phenoxy) is 1. The van der Waals surface area contributed by atoms with E-state index in [4.69, 9.17) is 4.74 Å². The van der Waals surface area contributed by atoms with Crippen LogP contribution < -0.4 is 4.74 Å². The van der Waals surface area contributed by atoms with E-state index >= 15 is 0 Å². The summed E-state index contributed by atoms with van der Waals surface area (Å²) in [6.07, 6.45) is 1.78. The molecule has 2 aromatic rings. The van der Waals surface area contributed by atoms with Crippen LogP contribution >= 0.6 is 15.9 Å². The molecule has 1 heterocycles. The molecule has 92 valence electrons. The number of fused-ring (bicyclic) bond motifs is 1. The van der Waals surface area contributed by atoms with Crippen LogP contribution in [0.15, 0.2) is 40.9 Å². The van der Waals surface area contributed by atoms with E-state index in [1.54, 1.807) is 0 Å². The molecule has 0 saturated carbocycles. The maximum atomic E-state index is 12.8. The van der Waals surface area contributed by atoms with E-state index in [0.717, 1.165) is 35.2 Å². The average molecular weight is 307 g/mol. The number of rotatable bonds is 2. The molecule has 0 saturated heterocycles. The minimum absolute atomic E-state index is 0.192. The third kappa shape index (κ3) is 2.27. The summed E-state index contributed by atoms with van der Waals surface area (Å²) in [5.41, 5.74) is 3.58. The highest BCUT2D eigenvalue weighted by molar-refractivity contribution is 9.10. The van der Waals surface area contributed by atoms with Gasteiger partial charge in [-0.05, 0) is 57.2 Å². The second-order valence-electron chi connectivity index (χ2n) is 4.47. The first-order chi connectivity index (χ1) is 8.72. The van der Waals surface area contributed by atoms with Crippen LogP contribution in [0.25, 0.3) is 0 Å². The van der Waals surface area contributed by atoms with Crippen LogP contribution in [-0.4, -0.2) is 6.61 Å². The van der Waals surface area contributed by atoms with Gasteiger partial charge in [0.1, 0.15) is 11.6 Å². The van der Waals surface area contributed by atoms with Gasteiger partial charge in [-0.2, -0.15) is 0 Å². The molecule has 0 aromatic heterocycles. The Bertz CT molecular complexity index is 578. The number of halogens is 2. The molecule has 18 heavy (non-hydrogen) atoms. The van der Waals surface area contributed by atoms with Gasteiger partial charge in [0.15, 0.2) is 0 Å². The zero-order chi connectivity index (χ0) is 12.5. The first-order valence-corrected chi connectivity index (χ1v) is 6.70. The summed E-state index contributed by atoms with van der Waals surface area (Å²) in [5.74, 6) is 0.778. The lowest BCUT2D eigenvalue weighted by atomic mass is 10.0. The topological polar surface area (TPSA) is 9.23 Å². The SMILES string of the molecule is Fc1ccc(Cc2cc(Br)c3c(c2)CCO3)cc1. The fraction of sp³-hybridized carbons (Fsp3) is 0.200. The number of benzene rings is 2. The summed E-state index contributed by atoms with van der Waals surface area (Å²) in [4.78, 5) is 0. The van der Waals surface area contributed by atoms with Crippen LogP contribution in [0, 0.1) is 5.82 Å². The number of hydrogen-bond acceptors (Lipinski definition) is 1. The molecule has 2 aromatic carbocycles. The lowest BCUT2D eigenvalue weighted by molar-refractivity contribution is 0.355. The summed E-state index contributed by atoms with van der Waals surface area (Å²) in [7, 11) is 0. The van der Waals surface area contributed by atoms with Crippen LogP contribution in [0.1, 0.15) is 16.7 Å². The molecule has 0 aliphatic carbocycles. The van der Waals surface area contributed by atoms with Gasteiger partial charge in [0.05, 0.1) is 11.1 Å². The highest BCUT2D eigenvalue weighted by Crippen LogP contribution is 2.35. The summed E-state index contributed by atoms with van der Waals surface area (Å²) >= 11 is 3.54. The van der Waals surface area contributed by atoms with E-state index in [1.807, 2.05) is 12.1 Å². The van der Waals surface area contributed by atoms with Gasteiger partial charge >= 0.3 is 0 Å². The van der Waals surface area contributed by atoms with Crippen LogP contribution in [0.2, 0.25) is 0 Å². The van der Waals surface area contributed by atoms with Crippen molar-refractivity contribution in [3.63, 3.8) is 0 Å². The molecular formula is C15H12BrFO. The van der Waals surface area contributed by atoms with Crippen molar-refractivity contribution in [3.8, 4) is 5.75 Å². The van der Waals surface area contributed by atoms with Crippen molar-refractivity contribution in [1.82, 2.24) is 0 Å². The van der Waals surface area contributed by atoms with E-state index in [0.29, 0.717) is 0 Å². The Morgan fingerprint density at radius 1 is 1.11 bits per heavy atom. The second-order valence-corrected chi connectivity index (χ2v) is 5.32. The van der Waals surface area contributed by atoms with Gasteiger partial charge in [0, 0.05) is 6.42 Å². The minimum Gasteiger partial charge on any atom is -0.492 e. The fourth-order valence-corrected chi connectivity index (χ4v) is 2.93. The largest absolute Gasteiger partial charge is 0.492 e. The molecule has 0 N–H and O–H groups in total. The van der Waals surface area contributed by atoms with E-state index in [9.17, 15) is 4.39 Å². The molecular weight excluding hydrogens is 295 g/mol. The standard InChI is InChI=1S/C15H12BrFO/c16-14-9-11(8-12-5-6-18-15(12)14)7-10-1-3-13(17)4-2-10/h1-4,8-9H,5-7H2. The molecule has 1 aliphatic heterocycles. The monoisotopic (exact) mass is 306 g/mol. The molecule has 0 spiro atoms. The van der Waals surface area contributed by atoms with Gasteiger partial charge in [-0.3, -0.25) is 0 Å². The predicted molar refractivity (Wildman–Crippen MR) is 72.5 cm³/mol. The van der Waals surface area contributed by atoms with Crippen LogP contribution in [-0.2, 0) is 12.8 Å². The third-order valence-electron chi connectivity index (χ3n) is 3.12. The zero-order valence-corrected chi connectivity index (χ0v) is 11.3. The first kappa shape index (κ1) is 11.7. The lowest BCUT2D eigenvalue weighted by Gasteiger charge is -2.07. The molecule has 0 fully saturated rings. The van der Waals surface area contributed by atoms with Gasteiger partial charge < -0.3 is 4.74 Å². The van der Waals surface area contributed by atoms with Crippen molar-refractivity contribution in [3.05, 3.63) is 63.4 Å². The van der Waals surface area contributed by atoms with E-state index in [2.05, 4.69) is 28.1 Å². The second kappa shape index (κ2) is 4.73. The average Bonchev–Trinajstić information content (AvgIpc) is 2.81. The van der Waals surface area contributed by atoms with Gasteiger partial charge in [-0.1, -0.05) is 18.2 Å².